The minimum atomic E-state index is -1.61. The summed E-state index contributed by atoms with van der Waals surface area (Å²) >= 11 is 0. The number of hydrogen-bond donors (Lipinski definition) is 2. The predicted octanol–water partition coefficient (Wildman–Crippen LogP) is 0.231. The van der Waals surface area contributed by atoms with E-state index in [1.54, 1.807) is 0 Å². The van der Waals surface area contributed by atoms with Crippen molar-refractivity contribution in [3.05, 3.63) is 0 Å². The number of carbonyl (C=O) groups excluding carboxylic acids is 1. The van der Waals surface area contributed by atoms with Gasteiger partial charge in [0.1, 0.15) is 0 Å². The van der Waals surface area contributed by atoms with Crippen LogP contribution in [0.25, 0.3) is 0 Å². The third-order valence-electron chi connectivity index (χ3n) is 2.06. The third kappa shape index (κ3) is 1.73. The second-order valence-corrected chi connectivity index (χ2v) is 2.89. The van der Waals surface area contributed by atoms with Crippen molar-refractivity contribution in [2.45, 2.75) is 31.7 Å². The molecule has 1 rings (SSSR count). The smallest absolute Gasteiger partial charge is 0.396 e. The van der Waals surface area contributed by atoms with Crippen LogP contribution < -0.4 is 0 Å². The van der Waals surface area contributed by atoms with Crippen molar-refractivity contribution in [3.8, 4) is 0 Å². The summed E-state index contributed by atoms with van der Waals surface area (Å²) in [5, 5.41) is 17.7. The number of rotatable bonds is 1. The molecule has 0 radical (unpaired) electrons. The van der Waals surface area contributed by atoms with Gasteiger partial charge in [-0.3, -0.25) is 10.0 Å². The number of carboxylic acids is 1. The fourth-order valence-corrected chi connectivity index (χ4v) is 1.41. The van der Waals surface area contributed by atoms with Crippen LogP contribution in [0, 0.1) is 0 Å². The first-order valence-electron chi connectivity index (χ1n) is 3.88. The molecule has 1 aliphatic rings. The number of hydroxylamine groups is 2. The normalized spacial score (nSPS) is 17.8. The second kappa shape index (κ2) is 3.53. The summed E-state index contributed by atoms with van der Waals surface area (Å²) in [7, 11) is 0. The monoisotopic (exact) mass is 173 g/mol. The van der Waals surface area contributed by atoms with Gasteiger partial charge in [0.05, 0.1) is 6.04 Å². The molecule has 68 valence electrons. The molecule has 0 heterocycles. The van der Waals surface area contributed by atoms with Gasteiger partial charge in [-0.2, -0.15) is 0 Å². The molecule has 0 aromatic heterocycles. The maximum absolute atomic E-state index is 10.7. The zero-order valence-electron chi connectivity index (χ0n) is 6.56. The van der Waals surface area contributed by atoms with Crippen LogP contribution in [0.2, 0.25) is 0 Å². The Labute approximate surface area is 69.5 Å². The summed E-state index contributed by atoms with van der Waals surface area (Å²) in [6.45, 7) is 0. The first kappa shape index (κ1) is 8.99. The number of nitrogens with zero attached hydrogens (tertiary/aromatic N) is 1. The minimum absolute atomic E-state index is 0.298. The summed E-state index contributed by atoms with van der Waals surface area (Å²) in [5.74, 6) is -2.84. The Hall–Kier alpha value is -1.10. The van der Waals surface area contributed by atoms with Crippen molar-refractivity contribution in [2.75, 3.05) is 0 Å². The van der Waals surface area contributed by atoms with Crippen LogP contribution >= 0.6 is 0 Å². The number of hydrogen-bond acceptors (Lipinski definition) is 3. The molecule has 1 aliphatic carbocycles. The maximum Gasteiger partial charge on any atom is 0.396 e. The fraction of sp³-hybridized carbons (Fsp3) is 0.714. The molecule has 1 amide bonds. The molecule has 5 heteroatoms. The van der Waals surface area contributed by atoms with Crippen LogP contribution in [-0.4, -0.2) is 33.3 Å². The van der Waals surface area contributed by atoms with Gasteiger partial charge in [-0.1, -0.05) is 12.8 Å². The van der Waals surface area contributed by atoms with Crippen LogP contribution in [0.5, 0.6) is 0 Å². The van der Waals surface area contributed by atoms with E-state index in [0.29, 0.717) is 17.9 Å². The molecule has 0 saturated heterocycles. The highest BCUT2D eigenvalue weighted by Gasteiger charge is 2.29. The Bertz CT molecular complexity index is 198. The van der Waals surface area contributed by atoms with E-state index in [0.717, 1.165) is 12.8 Å². The molecule has 12 heavy (non-hydrogen) atoms. The molecule has 0 aromatic rings. The number of amides is 1. The molecule has 1 fully saturated rings. The van der Waals surface area contributed by atoms with E-state index < -0.39 is 11.9 Å². The Morgan fingerprint density at radius 3 is 2.17 bits per heavy atom. The lowest BCUT2D eigenvalue weighted by Gasteiger charge is -2.19. The van der Waals surface area contributed by atoms with Crippen LogP contribution in [0.4, 0.5) is 0 Å². The summed E-state index contributed by atoms with van der Waals surface area (Å²) < 4.78 is 0. The first-order valence-corrected chi connectivity index (χ1v) is 3.88. The Balaban J connectivity index is 2.51. The zero-order chi connectivity index (χ0) is 9.14. The summed E-state index contributed by atoms with van der Waals surface area (Å²) in [5.41, 5.74) is 0. The van der Waals surface area contributed by atoms with E-state index in [2.05, 4.69) is 0 Å². The summed E-state index contributed by atoms with van der Waals surface area (Å²) in [6, 6.07) is -0.298. The molecule has 0 atom stereocenters. The standard InChI is InChI=1S/C7H11NO4/c9-6(7(10)11)8(12)5-3-1-2-4-5/h5,12H,1-4H2,(H,10,11). The van der Waals surface area contributed by atoms with Crippen LogP contribution in [-0.2, 0) is 9.59 Å². The van der Waals surface area contributed by atoms with Crippen molar-refractivity contribution >= 4 is 11.9 Å². The van der Waals surface area contributed by atoms with Gasteiger partial charge in [0.25, 0.3) is 0 Å². The molecular formula is C7H11NO4. The SMILES string of the molecule is O=C(O)C(=O)N(O)C1CCCC1. The predicted molar refractivity (Wildman–Crippen MR) is 38.5 cm³/mol. The Morgan fingerprint density at radius 2 is 1.75 bits per heavy atom. The van der Waals surface area contributed by atoms with Crippen molar-refractivity contribution in [1.29, 1.82) is 0 Å². The Morgan fingerprint density at radius 1 is 1.25 bits per heavy atom. The van der Waals surface area contributed by atoms with Crippen molar-refractivity contribution in [3.63, 3.8) is 0 Å². The average molecular weight is 173 g/mol. The molecule has 0 unspecified atom stereocenters. The van der Waals surface area contributed by atoms with E-state index >= 15 is 0 Å². The molecular weight excluding hydrogens is 162 g/mol. The number of aliphatic carboxylic acids is 1. The van der Waals surface area contributed by atoms with Gasteiger partial charge < -0.3 is 5.11 Å². The molecule has 0 aromatic carbocycles. The van der Waals surface area contributed by atoms with E-state index in [9.17, 15) is 9.59 Å². The van der Waals surface area contributed by atoms with E-state index in [4.69, 9.17) is 10.3 Å². The van der Waals surface area contributed by atoms with Crippen molar-refractivity contribution in [2.24, 2.45) is 0 Å². The van der Waals surface area contributed by atoms with E-state index in [1.807, 2.05) is 0 Å². The molecule has 0 bridgehead atoms. The largest absolute Gasteiger partial charge is 0.474 e. The second-order valence-electron chi connectivity index (χ2n) is 2.89. The average Bonchev–Trinajstić information content (AvgIpc) is 2.53. The summed E-state index contributed by atoms with van der Waals surface area (Å²) in [6.07, 6.45) is 3.26. The summed E-state index contributed by atoms with van der Waals surface area (Å²) in [4.78, 5) is 20.9. The van der Waals surface area contributed by atoms with Gasteiger partial charge in [0, 0.05) is 0 Å². The van der Waals surface area contributed by atoms with Crippen LogP contribution in [0.15, 0.2) is 0 Å². The molecule has 0 spiro atoms. The van der Waals surface area contributed by atoms with E-state index in [-0.39, 0.29) is 6.04 Å². The highest BCUT2D eigenvalue weighted by molar-refractivity contribution is 6.31. The lowest BCUT2D eigenvalue weighted by molar-refractivity contribution is -0.185. The van der Waals surface area contributed by atoms with E-state index in [1.165, 1.54) is 0 Å². The molecule has 2 N–H and O–H groups in total. The molecule has 5 nitrogen and oxygen atoms in total. The number of carboxylic acid groups (broad SMARTS) is 1. The lowest BCUT2D eigenvalue weighted by atomic mass is 10.2. The minimum Gasteiger partial charge on any atom is -0.474 e. The van der Waals surface area contributed by atoms with Crippen LogP contribution in [0.3, 0.4) is 0 Å². The lowest BCUT2D eigenvalue weighted by Crippen LogP contribution is -2.40. The Kier molecular flexibility index (Phi) is 2.65. The van der Waals surface area contributed by atoms with Gasteiger partial charge in [-0.15, -0.1) is 0 Å². The number of carbonyl (C=O) groups is 2. The van der Waals surface area contributed by atoms with Crippen LogP contribution in [0.1, 0.15) is 25.7 Å². The van der Waals surface area contributed by atoms with Gasteiger partial charge in [-0.05, 0) is 12.8 Å². The maximum atomic E-state index is 10.7. The highest BCUT2D eigenvalue weighted by Crippen LogP contribution is 2.22. The quantitative estimate of drug-likeness (QED) is 0.338. The van der Waals surface area contributed by atoms with Crippen molar-refractivity contribution < 1.29 is 19.9 Å². The fourth-order valence-electron chi connectivity index (χ4n) is 1.41. The highest BCUT2D eigenvalue weighted by atomic mass is 16.5. The zero-order valence-corrected chi connectivity index (χ0v) is 6.56. The van der Waals surface area contributed by atoms with Crippen molar-refractivity contribution in [1.82, 2.24) is 5.06 Å². The van der Waals surface area contributed by atoms with Gasteiger partial charge in [0.2, 0.25) is 0 Å². The molecule has 1 saturated carbocycles. The van der Waals surface area contributed by atoms with Gasteiger partial charge in [0.15, 0.2) is 0 Å². The topological polar surface area (TPSA) is 77.8 Å². The van der Waals surface area contributed by atoms with Gasteiger partial charge in [-0.25, -0.2) is 9.86 Å². The molecule has 0 aliphatic heterocycles. The van der Waals surface area contributed by atoms with Gasteiger partial charge >= 0.3 is 11.9 Å². The first-order chi connectivity index (χ1) is 5.63. The third-order valence-corrected chi connectivity index (χ3v) is 2.06.